The second-order valence-electron chi connectivity index (χ2n) is 13.6. The van der Waals surface area contributed by atoms with E-state index in [4.69, 9.17) is 0 Å². The van der Waals surface area contributed by atoms with Crippen molar-refractivity contribution in [2.45, 2.75) is 114 Å². The first-order valence-corrected chi connectivity index (χ1v) is 15.6. The second-order valence-corrected chi connectivity index (χ2v) is 13.6. The van der Waals surface area contributed by atoms with Gasteiger partial charge in [-0.15, -0.1) is 0 Å². The van der Waals surface area contributed by atoms with Crippen molar-refractivity contribution in [1.82, 2.24) is 0 Å². The Morgan fingerprint density at radius 2 is 1.50 bits per heavy atom. The molecule has 40 heavy (non-hydrogen) atoms. The van der Waals surface area contributed by atoms with Crippen LogP contribution in [0.15, 0.2) is 118 Å². The van der Waals surface area contributed by atoms with Gasteiger partial charge in [0.25, 0.3) is 0 Å². The SMILES string of the molecule is CC1=CCCC(C)(C)C1/C=C/C(C)=C/CC/C(C)=C/C=C/C=C(C)/C=C/C=C(C)/C=C/C1=C(C)CCCC1(C)C. The molecule has 0 radical (unpaired) electrons. The molecule has 0 bridgehead atoms. The third-order valence-electron chi connectivity index (χ3n) is 8.77. The maximum absolute atomic E-state index is 2.43. The fourth-order valence-electron chi connectivity index (χ4n) is 6.02. The topological polar surface area (TPSA) is 0 Å². The van der Waals surface area contributed by atoms with Crippen LogP contribution in [0.5, 0.6) is 0 Å². The van der Waals surface area contributed by atoms with Crippen LogP contribution in [0.2, 0.25) is 0 Å². The van der Waals surface area contributed by atoms with Gasteiger partial charge < -0.3 is 0 Å². The fourth-order valence-corrected chi connectivity index (χ4v) is 6.02. The molecule has 0 saturated heterocycles. The monoisotopic (exact) mass is 538 g/mol. The molecule has 0 aliphatic heterocycles. The highest BCUT2D eigenvalue weighted by Gasteiger charge is 2.30. The van der Waals surface area contributed by atoms with Crippen LogP contribution < -0.4 is 0 Å². The van der Waals surface area contributed by atoms with Crippen LogP contribution in [0, 0.1) is 16.7 Å². The minimum atomic E-state index is 0.295. The molecule has 0 amide bonds. The summed E-state index contributed by atoms with van der Waals surface area (Å²) in [5.74, 6) is 0.556. The Balaban J connectivity index is 1.82. The predicted molar refractivity (Wildman–Crippen MR) is 181 cm³/mol. The lowest BCUT2D eigenvalue weighted by molar-refractivity contribution is 0.255. The van der Waals surface area contributed by atoms with E-state index in [-0.39, 0.29) is 0 Å². The Bertz CT molecular complexity index is 1150. The third-order valence-corrected chi connectivity index (χ3v) is 8.77. The van der Waals surface area contributed by atoms with E-state index in [1.807, 2.05) is 0 Å². The van der Waals surface area contributed by atoms with Crippen LogP contribution in [-0.4, -0.2) is 0 Å². The summed E-state index contributed by atoms with van der Waals surface area (Å²) in [4.78, 5) is 0. The Hall–Kier alpha value is -2.60. The molecule has 218 valence electrons. The molecule has 1 unspecified atom stereocenters. The van der Waals surface area contributed by atoms with Crippen molar-refractivity contribution in [3.8, 4) is 0 Å². The molecule has 0 saturated carbocycles. The van der Waals surface area contributed by atoms with Gasteiger partial charge in [0.1, 0.15) is 0 Å². The van der Waals surface area contributed by atoms with Crippen molar-refractivity contribution in [3.05, 3.63) is 118 Å². The van der Waals surface area contributed by atoms with E-state index >= 15 is 0 Å². The second kappa shape index (κ2) is 16.0. The first-order chi connectivity index (χ1) is 18.8. The van der Waals surface area contributed by atoms with E-state index in [1.165, 1.54) is 65.5 Å². The van der Waals surface area contributed by atoms with Gasteiger partial charge in [-0.05, 0) is 103 Å². The Morgan fingerprint density at radius 1 is 0.825 bits per heavy atom. The van der Waals surface area contributed by atoms with E-state index in [1.54, 1.807) is 5.57 Å². The Morgan fingerprint density at radius 3 is 2.20 bits per heavy atom. The van der Waals surface area contributed by atoms with Crippen LogP contribution >= 0.6 is 0 Å². The predicted octanol–water partition coefficient (Wildman–Crippen LogP) is 12.7. The zero-order chi connectivity index (χ0) is 29.8. The number of rotatable bonds is 11. The summed E-state index contributed by atoms with van der Waals surface area (Å²) in [7, 11) is 0. The first-order valence-electron chi connectivity index (χ1n) is 15.6. The highest BCUT2D eigenvalue weighted by molar-refractivity contribution is 5.37. The molecule has 0 aromatic heterocycles. The Labute approximate surface area is 248 Å². The molecule has 0 spiro atoms. The van der Waals surface area contributed by atoms with E-state index < -0.39 is 0 Å². The summed E-state index contributed by atoms with van der Waals surface area (Å²) >= 11 is 0. The lowest BCUT2D eigenvalue weighted by Gasteiger charge is -2.36. The molecule has 0 fully saturated rings. The summed E-state index contributed by atoms with van der Waals surface area (Å²) in [5.41, 5.74) is 10.6. The van der Waals surface area contributed by atoms with Crippen LogP contribution in [0.1, 0.15) is 114 Å². The summed E-state index contributed by atoms with van der Waals surface area (Å²) in [5, 5.41) is 0. The van der Waals surface area contributed by atoms with Crippen molar-refractivity contribution in [2.24, 2.45) is 16.7 Å². The van der Waals surface area contributed by atoms with E-state index in [0.29, 0.717) is 16.7 Å². The number of allylic oxidation sites excluding steroid dienone is 20. The highest BCUT2D eigenvalue weighted by atomic mass is 14.3. The zero-order valence-electron chi connectivity index (χ0n) is 27.5. The molecule has 0 heteroatoms. The minimum absolute atomic E-state index is 0.295. The van der Waals surface area contributed by atoms with Crippen LogP contribution in [0.4, 0.5) is 0 Å². The summed E-state index contributed by atoms with van der Waals surface area (Å²) in [6.45, 7) is 22.9. The third kappa shape index (κ3) is 11.5. The molecule has 0 heterocycles. The maximum atomic E-state index is 2.43. The van der Waals surface area contributed by atoms with Gasteiger partial charge in [-0.25, -0.2) is 0 Å². The molecule has 2 rings (SSSR count). The van der Waals surface area contributed by atoms with Crippen molar-refractivity contribution >= 4 is 0 Å². The van der Waals surface area contributed by atoms with E-state index in [2.05, 4.69) is 148 Å². The molecule has 0 aromatic carbocycles. The van der Waals surface area contributed by atoms with Gasteiger partial charge in [-0.1, -0.05) is 140 Å². The van der Waals surface area contributed by atoms with Crippen LogP contribution in [0.3, 0.4) is 0 Å². The summed E-state index contributed by atoms with van der Waals surface area (Å²) < 4.78 is 0. The van der Waals surface area contributed by atoms with E-state index in [0.717, 1.165) is 12.8 Å². The summed E-state index contributed by atoms with van der Waals surface area (Å²) in [6, 6.07) is 0. The van der Waals surface area contributed by atoms with Gasteiger partial charge in [-0.3, -0.25) is 0 Å². The quantitative estimate of drug-likeness (QED) is 0.181. The van der Waals surface area contributed by atoms with Gasteiger partial charge in [0.2, 0.25) is 0 Å². The highest BCUT2D eigenvalue weighted by Crippen LogP contribution is 2.42. The van der Waals surface area contributed by atoms with Gasteiger partial charge in [-0.2, -0.15) is 0 Å². The molecule has 2 aliphatic carbocycles. The van der Waals surface area contributed by atoms with Gasteiger partial charge in [0.05, 0.1) is 0 Å². The molecule has 1 atom stereocenters. The largest absolute Gasteiger partial charge is 0.0850 e. The van der Waals surface area contributed by atoms with Crippen LogP contribution in [-0.2, 0) is 0 Å². The number of hydrogen-bond donors (Lipinski definition) is 0. The normalized spacial score (nSPS) is 23.4. The maximum Gasteiger partial charge on any atom is 0.00285 e. The lowest BCUT2D eigenvalue weighted by Crippen LogP contribution is -2.26. The molecule has 0 N–H and O–H groups in total. The minimum Gasteiger partial charge on any atom is -0.0850 e. The zero-order valence-corrected chi connectivity index (χ0v) is 27.5. The summed E-state index contributed by atoms with van der Waals surface area (Å²) in [6.07, 6.45) is 37.9. The number of hydrogen-bond acceptors (Lipinski definition) is 0. The Kier molecular flexibility index (Phi) is 13.4. The van der Waals surface area contributed by atoms with Crippen molar-refractivity contribution < 1.29 is 0 Å². The van der Waals surface area contributed by atoms with Crippen molar-refractivity contribution in [1.29, 1.82) is 0 Å². The van der Waals surface area contributed by atoms with Gasteiger partial charge in [0, 0.05) is 5.92 Å². The van der Waals surface area contributed by atoms with Crippen LogP contribution in [0.25, 0.3) is 0 Å². The average molecular weight is 539 g/mol. The van der Waals surface area contributed by atoms with Crippen molar-refractivity contribution in [3.63, 3.8) is 0 Å². The molecule has 0 nitrogen and oxygen atoms in total. The van der Waals surface area contributed by atoms with Gasteiger partial charge in [0.15, 0.2) is 0 Å². The smallest absolute Gasteiger partial charge is 0.00285 e. The molecule has 2 aliphatic rings. The molecule has 0 aromatic rings. The first kappa shape index (κ1) is 33.6. The van der Waals surface area contributed by atoms with Gasteiger partial charge >= 0.3 is 0 Å². The lowest BCUT2D eigenvalue weighted by atomic mass is 9.68. The average Bonchev–Trinajstić information content (AvgIpc) is 2.85. The fraction of sp³-hybridized carbons (Fsp3) is 0.500. The molecular formula is C40H58. The van der Waals surface area contributed by atoms with E-state index in [9.17, 15) is 0 Å². The van der Waals surface area contributed by atoms with Crippen molar-refractivity contribution in [2.75, 3.05) is 0 Å². The molecular weight excluding hydrogens is 480 g/mol. The standard InChI is InChI=1S/C40H58/c1-31(19-13-21-33(3)25-27-37-35(5)23-15-29-39(37,7)8)17-11-12-18-32(2)20-14-22-34(4)26-28-38-36(6)24-16-30-40(38,9)10/h11-13,17-19,21-22,24-28,38H,14-16,20,23,29-30H2,1-10H3/b12-11+,19-13+,27-25+,28-26+,31-17+,32-18+,33-21+,34-22+.